The lowest BCUT2D eigenvalue weighted by Crippen LogP contribution is -2.17. The lowest BCUT2D eigenvalue weighted by atomic mass is 10.00. The minimum atomic E-state index is -0.753. The van der Waals surface area contributed by atoms with E-state index >= 15 is 0 Å². The van der Waals surface area contributed by atoms with Crippen LogP contribution in [-0.2, 0) is 6.42 Å². The van der Waals surface area contributed by atoms with Crippen LogP contribution < -0.4 is 11.2 Å². The summed E-state index contributed by atoms with van der Waals surface area (Å²) in [5, 5.41) is 9.78. The van der Waals surface area contributed by atoms with Gasteiger partial charge in [-0.25, -0.2) is 0 Å². The number of pyridine rings is 2. The lowest BCUT2D eigenvalue weighted by Gasteiger charge is -2.12. The van der Waals surface area contributed by atoms with Gasteiger partial charge < -0.3 is 15.8 Å². The highest BCUT2D eigenvalue weighted by Gasteiger charge is 2.15. The largest absolute Gasteiger partial charge is 0.396 e. The zero-order valence-electron chi connectivity index (χ0n) is 13.5. The Bertz CT molecular complexity index is 1040. The molecule has 25 heavy (non-hydrogen) atoms. The smallest absolute Gasteiger partial charge is 0.268 e. The predicted molar refractivity (Wildman–Crippen MR) is 96.9 cm³/mol. The molecule has 0 aliphatic carbocycles. The standard InChI is InChI=1S/C18H16ClN3O3/c1-9-6-10(3-5-23)12(19)7-11(9)14-8-15(24)16-13(22-14)2-4-21-17(16)18(20)25/h2,4,6-8,23H,3,5H2,1H3,(H2,20,25)(H,22,24). The number of aliphatic hydroxyl groups is 1. The number of carbonyl (C=O) groups is 1. The lowest BCUT2D eigenvalue weighted by molar-refractivity contribution is 0.0997. The highest BCUT2D eigenvalue weighted by molar-refractivity contribution is 6.31. The Morgan fingerprint density at radius 1 is 1.36 bits per heavy atom. The fraction of sp³-hybridized carbons (Fsp3) is 0.167. The molecule has 0 radical (unpaired) electrons. The van der Waals surface area contributed by atoms with Gasteiger partial charge in [-0.3, -0.25) is 14.6 Å². The summed E-state index contributed by atoms with van der Waals surface area (Å²) in [7, 11) is 0. The van der Waals surface area contributed by atoms with E-state index in [4.69, 9.17) is 22.4 Å². The molecule has 6 nitrogen and oxygen atoms in total. The molecule has 128 valence electrons. The van der Waals surface area contributed by atoms with Crippen LogP contribution in [-0.4, -0.2) is 27.6 Å². The van der Waals surface area contributed by atoms with Crippen molar-refractivity contribution in [3.05, 3.63) is 62.5 Å². The number of aromatic nitrogens is 2. The van der Waals surface area contributed by atoms with E-state index in [1.54, 1.807) is 12.1 Å². The third-order valence-corrected chi connectivity index (χ3v) is 4.39. The molecule has 0 aliphatic heterocycles. The molecule has 0 unspecified atom stereocenters. The Labute approximate surface area is 148 Å². The van der Waals surface area contributed by atoms with E-state index < -0.39 is 5.91 Å². The number of nitrogens with zero attached hydrogens (tertiary/aromatic N) is 1. The Balaban J connectivity index is 2.23. The Kier molecular flexibility index (Phi) is 4.57. The number of carbonyl (C=O) groups excluding carboxylic acids is 1. The molecular formula is C18H16ClN3O3. The molecule has 7 heteroatoms. The first-order chi connectivity index (χ1) is 11.9. The maximum atomic E-state index is 12.5. The predicted octanol–water partition coefficient (Wildman–Crippen LogP) is 2.19. The Morgan fingerprint density at radius 3 is 2.80 bits per heavy atom. The molecule has 0 aliphatic rings. The van der Waals surface area contributed by atoms with Crippen molar-refractivity contribution in [2.45, 2.75) is 13.3 Å². The van der Waals surface area contributed by atoms with Crippen molar-refractivity contribution in [3.63, 3.8) is 0 Å². The van der Waals surface area contributed by atoms with Gasteiger partial charge in [0.2, 0.25) is 0 Å². The molecule has 2 aromatic heterocycles. The number of halogens is 1. The van der Waals surface area contributed by atoms with Crippen LogP contribution in [0.5, 0.6) is 0 Å². The fourth-order valence-electron chi connectivity index (χ4n) is 2.88. The Hall–Kier alpha value is -2.70. The van der Waals surface area contributed by atoms with E-state index in [1.807, 2.05) is 13.0 Å². The van der Waals surface area contributed by atoms with Crippen LogP contribution >= 0.6 is 11.6 Å². The summed E-state index contributed by atoms with van der Waals surface area (Å²) in [6, 6.07) is 6.66. The van der Waals surface area contributed by atoms with Crippen molar-refractivity contribution in [1.29, 1.82) is 0 Å². The van der Waals surface area contributed by atoms with Crippen LogP contribution in [0.2, 0.25) is 5.02 Å². The number of H-pyrrole nitrogens is 1. The van der Waals surface area contributed by atoms with Gasteiger partial charge in [0.05, 0.1) is 16.6 Å². The van der Waals surface area contributed by atoms with E-state index in [0.717, 1.165) is 16.7 Å². The van der Waals surface area contributed by atoms with Gasteiger partial charge in [-0.05, 0) is 36.6 Å². The van der Waals surface area contributed by atoms with E-state index in [-0.39, 0.29) is 23.1 Å². The monoisotopic (exact) mass is 357 g/mol. The molecule has 0 fully saturated rings. The van der Waals surface area contributed by atoms with Crippen molar-refractivity contribution < 1.29 is 9.90 Å². The number of hydrogen-bond acceptors (Lipinski definition) is 4. The van der Waals surface area contributed by atoms with Gasteiger partial charge in [-0.1, -0.05) is 17.7 Å². The SMILES string of the molecule is Cc1cc(CCO)c(Cl)cc1-c1cc(=O)c2c(C(N)=O)nccc2[nH]1. The van der Waals surface area contributed by atoms with Crippen molar-refractivity contribution in [1.82, 2.24) is 9.97 Å². The maximum absolute atomic E-state index is 12.5. The van der Waals surface area contributed by atoms with E-state index in [1.165, 1.54) is 12.3 Å². The van der Waals surface area contributed by atoms with E-state index in [0.29, 0.717) is 22.7 Å². The number of aryl methyl sites for hydroxylation is 1. The van der Waals surface area contributed by atoms with Gasteiger partial charge in [0.1, 0.15) is 5.69 Å². The van der Waals surface area contributed by atoms with Gasteiger partial charge in [-0.15, -0.1) is 0 Å². The molecule has 0 saturated heterocycles. The van der Waals surface area contributed by atoms with Crippen LogP contribution in [0.25, 0.3) is 22.2 Å². The number of primary amides is 1. The van der Waals surface area contributed by atoms with Gasteiger partial charge in [0.25, 0.3) is 5.91 Å². The molecule has 1 aromatic carbocycles. The van der Waals surface area contributed by atoms with E-state index in [9.17, 15) is 9.59 Å². The van der Waals surface area contributed by atoms with Gasteiger partial charge in [0.15, 0.2) is 5.43 Å². The third-order valence-electron chi connectivity index (χ3n) is 4.04. The Morgan fingerprint density at radius 2 is 2.12 bits per heavy atom. The number of aliphatic hydroxyl groups excluding tert-OH is 1. The first-order valence-corrected chi connectivity index (χ1v) is 8.02. The van der Waals surface area contributed by atoms with Crippen molar-refractivity contribution in [2.75, 3.05) is 6.61 Å². The molecule has 0 atom stereocenters. The summed E-state index contributed by atoms with van der Waals surface area (Å²) in [4.78, 5) is 31.1. The second-order valence-electron chi connectivity index (χ2n) is 5.73. The molecule has 4 N–H and O–H groups in total. The summed E-state index contributed by atoms with van der Waals surface area (Å²) < 4.78 is 0. The zero-order valence-corrected chi connectivity index (χ0v) is 14.2. The van der Waals surface area contributed by atoms with E-state index in [2.05, 4.69) is 9.97 Å². The molecule has 3 rings (SSSR count). The summed E-state index contributed by atoms with van der Waals surface area (Å²) >= 11 is 6.28. The first-order valence-electron chi connectivity index (χ1n) is 7.64. The normalized spacial score (nSPS) is 11.0. The number of amides is 1. The van der Waals surface area contributed by atoms with Gasteiger partial charge in [-0.2, -0.15) is 0 Å². The summed E-state index contributed by atoms with van der Waals surface area (Å²) in [6.45, 7) is 1.91. The summed E-state index contributed by atoms with van der Waals surface area (Å²) in [5.41, 5.74) is 8.46. The van der Waals surface area contributed by atoms with Crippen LogP contribution in [0.3, 0.4) is 0 Å². The molecular weight excluding hydrogens is 342 g/mol. The quantitative estimate of drug-likeness (QED) is 0.664. The number of nitrogens with two attached hydrogens (primary N) is 1. The third kappa shape index (κ3) is 3.14. The number of aromatic amines is 1. The molecule has 2 heterocycles. The molecule has 1 amide bonds. The van der Waals surface area contributed by atoms with Crippen molar-refractivity contribution in [3.8, 4) is 11.3 Å². The molecule has 0 bridgehead atoms. The second kappa shape index (κ2) is 6.66. The number of fused-ring (bicyclic) bond motifs is 1. The second-order valence-corrected chi connectivity index (χ2v) is 6.13. The number of nitrogens with one attached hydrogen (secondary N) is 1. The molecule has 0 saturated carbocycles. The highest BCUT2D eigenvalue weighted by Crippen LogP contribution is 2.29. The van der Waals surface area contributed by atoms with Gasteiger partial charge >= 0.3 is 0 Å². The molecule has 3 aromatic rings. The minimum Gasteiger partial charge on any atom is -0.396 e. The molecule has 0 spiro atoms. The van der Waals surface area contributed by atoms with Crippen LogP contribution in [0.15, 0.2) is 35.3 Å². The van der Waals surface area contributed by atoms with Crippen molar-refractivity contribution in [2.24, 2.45) is 5.73 Å². The van der Waals surface area contributed by atoms with Gasteiger partial charge in [0, 0.05) is 29.5 Å². The average molecular weight is 358 g/mol. The summed E-state index contributed by atoms with van der Waals surface area (Å²) in [5.74, 6) is -0.753. The number of hydrogen-bond donors (Lipinski definition) is 3. The summed E-state index contributed by atoms with van der Waals surface area (Å²) in [6.07, 6.45) is 1.88. The minimum absolute atomic E-state index is 0.00814. The van der Waals surface area contributed by atoms with Crippen LogP contribution in [0.1, 0.15) is 21.6 Å². The highest BCUT2D eigenvalue weighted by atomic mass is 35.5. The maximum Gasteiger partial charge on any atom is 0.268 e. The number of rotatable bonds is 4. The topological polar surface area (TPSA) is 109 Å². The fourth-order valence-corrected chi connectivity index (χ4v) is 3.13. The van der Waals surface area contributed by atoms with Crippen LogP contribution in [0, 0.1) is 6.92 Å². The number of benzene rings is 1. The van der Waals surface area contributed by atoms with Crippen molar-refractivity contribution >= 4 is 28.4 Å². The average Bonchev–Trinajstić information content (AvgIpc) is 2.57. The zero-order chi connectivity index (χ0) is 18.1. The van der Waals surface area contributed by atoms with Crippen LogP contribution in [0.4, 0.5) is 0 Å². The first kappa shape index (κ1) is 17.1.